The fraction of sp³-hybridized carbons (Fsp3) is 0.0606. The number of rotatable bonds is 8. The number of hydrazone groups is 1. The van der Waals surface area contributed by atoms with Crippen molar-refractivity contribution in [1.82, 2.24) is 5.43 Å². The summed E-state index contributed by atoms with van der Waals surface area (Å²) >= 11 is 0. The first-order chi connectivity index (χ1) is 19.1. The van der Waals surface area contributed by atoms with Crippen LogP contribution in [-0.2, 0) is 6.61 Å². The van der Waals surface area contributed by atoms with Gasteiger partial charge in [0.15, 0.2) is 0 Å². The van der Waals surface area contributed by atoms with E-state index in [4.69, 9.17) is 9.47 Å². The van der Waals surface area contributed by atoms with E-state index in [0.29, 0.717) is 34.8 Å². The van der Waals surface area contributed by atoms with Gasteiger partial charge in [-0.15, -0.1) is 0 Å². The number of fused-ring (bicyclic) bond motifs is 1. The summed E-state index contributed by atoms with van der Waals surface area (Å²) < 4.78 is 11.5. The maximum atomic E-state index is 12.8. The summed E-state index contributed by atoms with van der Waals surface area (Å²) in [6, 6.07) is 35.2. The van der Waals surface area contributed by atoms with Crippen LogP contribution in [0.4, 0.5) is 0 Å². The van der Waals surface area contributed by atoms with E-state index in [2.05, 4.69) is 10.5 Å². The molecule has 0 unspecified atom stereocenters. The van der Waals surface area contributed by atoms with E-state index in [-0.39, 0.29) is 5.91 Å². The maximum absolute atomic E-state index is 12.8. The molecule has 192 valence electrons. The fourth-order valence-corrected chi connectivity index (χ4v) is 4.09. The van der Waals surface area contributed by atoms with Crippen molar-refractivity contribution >= 4 is 28.9 Å². The highest BCUT2D eigenvalue weighted by Crippen LogP contribution is 2.27. The first-order valence-electron chi connectivity index (χ1n) is 12.5. The molecule has 0 aliphatic heterocycles. The van der Waals surface area contributed by atoms with E-state index in [9.17, 15) is 9.59 Å². The molecule has 0 heterocycles. The zero-order chi connectivity index (χ0) is 27.0. The lowest BCUT2D eigenvalue weighted by atomic mass is 10.0. The van der Waals surface area contributed by atoms with Gasteiger partial charge in [-0.1, -0.05) is 78.4 Å². The second-order valence-electron chi connectivity index (χ2n) is 8.96. The smallest absolute Gasteiger partial charge is 0.343 e. The summed E-state index contributed by atoms with van der Waals surface area (Å²) in [4.78, 5) is 25.5. The average molecular weight is 515 g/mol. The first kappa shape index (κ1) is 25.4. The van der Waals surface area contributed by atoms with Crippen LogP contribution < -0.4 is 14.9 Å². The third-order valence-electron chi connectivity index (χ3n) is 6.11. The number of ether oxygens (including phenoxy) is 2. The highest BCUT2D eigenvalue weighted by atomic mass is 16.5. The lowest BCUT2D eigenvalue weighted by molar-refractivity contribution is 0.0734. The van der Waals surface area contributed by atoms with Crippen molar-refractivity contribution < 1.29 is 19.1 Å². The van der Waals surface area contributed by atoms with Crippen molar-refractivity contribution in [3.63, 3.8) is 0 Å². The largest absolute Gasteiger partial charge is 0.489 e. The van der Waals surface area contributed by atoms with E-state index in [1.54, 1.807) is 42.5 Å². The standard InChI is InChI=1S/C33H26N2O4/c1-23-8-7-12-27(20-23)33(37)39-31-19-16-25-11-5-6-13-29(25)30(31)21-34-35-32(36)26-14-17-28(18-15-26)38-22-24-9-3-2-4-10-24/h2-21H,22H2,1H3,(H,35,36)/b34-21-. The van der Waals surface area contributed by atoms with Gasteiger partial charge in [-0.25, -0.2) is 10.2 Å². The van der Waals surface area contributed by atoms with E-state index in [1.807, 2.05) is 79.7 Å². The van der Waals surface area contributed by atoms with Crippen LogP contribution in [0.1, 0.15) is 37.4 Å². The van der Waals surface area contributed by atoms with Gasteiger partial charge in [0.25, 0.3) is 5.91 Å². The quantitative estimate of drug-likeness (QED) is 0.108. The van der Waals surface area contributed by atoms with Gasteiger partial charge in [-0.3, -0.25) is 4.79 Å². The minimum Gasteiger partial charge on any atom is -0.489 e. The number of carbonyl (C=O) groups is 2. The number of amides is 1. The first-order valence-corrected chi connectivity index (χ1v) is 12.5. The highest BCUT2D eigenvalue weighted by molar-refractivity contribution is 6.04. The van der Waals surface area contributed by atoms with E-state index in [1.165, 1.54) is 6.21 Å². The maximum Gasteiger partial charge on any atom is 0.343 e. The van der Waals surface area contributed by atoms with Gasteiger partial charge in [0.05, 0.1) is 11.8 Å². The molecule has 5 aromatic carbocycles. The third kappa shape index (κ3) is 6.37. The second kappa shape index (κ2) is 11.9. The van der Waals surface area contributed by atoms with Crippen molar-refractivity contribution in [1.29, 1.82) is 0 Å². The number of aryl methyl sites for hydroxylation is 1. The molecule has 1 amide bonds. The summed E-state index contributed by atoms with van der Waals surface area (Å²) in [5.41, 5.74) is 6.05. The van der Waals surface area contributed by atoms with Gasteiger partial charge in [-0.2, -0.15) is 5.10 Å². The molecule has 0 aromatic heterocycles. The van der Waals surface area contributed by atoms with Crippen LogP contribution >= 0.6 is 0 Å². The fourth-order valence-electron chi connectivity index (χ4n) is 4.09. The molecule has 1 N–H and O–H groups in total. The molecule has 0 saturated carbocycles. The summed E-state index contributed by atoms with van der Waals surface area (Å²) in [5.74, 6) is 0.162. The van der Waals surface area contributed by atoms with Crippen LogP contribution in [0.25, 0.3) is 10.8 Å². The van der Waals surface area contributed by atoms with Crippen molar-refractivity contribution in [2.75, 3.05) is 0 Å². The molecule has 39 heavy (non-hydrogen) atoms. The Morgan fingerprint density at radius 1 is 0.795 bits per heavy atom. The van der Waals surface area contributed by atoms with Gasteiger partial charge in [-0.05, 0) is 65.7 Å². The number of hydrogen-bond donors (Lipinski definition) is 1. The van der Waals surface area contributed by atoms with Crippen LogP contribution in [0.3, 0.4) is 0 Å². The zero-order valence-electron chi connectivity index (χ0n) is 21.3. The monoisotopic (exact) mass is 514 g/mol. The van der Waals surface area contributed by atoms with Crippen LogP contribution in [-0.4, -0.2) is 18.1 Å². The van der Waals surface area contributed by atoms with Gasteiger partial charge in [0.2, 0.25) is 0 Å². The molecule has 0 bridgehead atoms. The zero-order valence-corrected chi connectivity index (χ0v) is 21.3. The number of nitrogens with zero attached hydrogens (tertiary/aromatic N) is 1. The Morgan fingerprint density at radius 2 is 1.56 bits per heavy atom. The molecule has 6 heteroatoms. The van der Waals surface area contributed by atoms with Crippen LogP contribution in [0.2, 0.25) is 0 Å². The Kier molecular flexibility index (Phi) is 7.74. The summed E-state index contributed by atoms with van der Waals surface area (Å²) in [6.45, 7) is 2.36. The van der Waals surface area contributed by atoms with E-state index >= 15 is 0 Å². The Labute approximate surface area is 226 Å². The lowest BCUT2D eigenvalue weighted by Crippen LogP contribution is -2.17. The van der Waals surface area contributed by atoms with Crippen LogP contribution in [0.5, 0.6) is 11.5 Å². The van der Waals surface area contributed by atoms with Crippen LogP contribution in [0, 0.1) is 6.92 Å². The molecule has 0 aliphatic rings. The van der Waals surface area contributed by atoms with Crippen molar-refractivity contribution in [2.45, 2.75) is 13.5 Å². The molecule has 5 aromatic rings. The highest BCUT2D eigenvalue weighted by Gasteiger charge is 2.14. The number of hydrogen-bond acceptors (Lipinski definition) is 5. The molecule has 0 fully saturated rings. The molecule has 0 atom stereocenters. The Hall–Kier alpha value is -5.23. The number of esters is 1. The molecular formula is C33H26N2O4. The topological polar surface area (TPSA) is 77.0 Å². The minimum absolute atomic E-state index is 0.345. The molecule has 0 spiro atoms. The SMILES string of the molecule is Cc1cccc(C(=O)Oc2ccc3ccccc3c2/C=N\NC(=O)c2ccc(OCc3ccccc3)cc2)c1. The predicted octanol–water partition coefficient (Wildman–Crippen LogP) is 6.71. The summed E-state index contributed by atoms with van der Waals surface area (Å²) in [5, 5.41) is 5.96. The second-order valence-corrected chi connectivity index (χ2v) is 8.96. The van der Waals surface area contributed by atoms with E-state index < -0.39 is 5.97 Å². The molecule has 5 rings (SSSR count). The molecule has 6 nitrogen and oxygen atoms in total. The summed E-state index contributed by atoms with van der Waals surface area (Å²) in [6.07, 6.45) is 1.50. The normalized spacial score (nSPS) is 10.9. The molecule has 0 aliphatic carbocycles. The minimum atomic E-state index is -0.470. The average Bonchev–Trinajstić information content (AvgIpc) is 2.97. The van der Waals surface area contributed by atoms with Crippen molar-refractivity contribution in [3.8, 4) is 11.5 Å². The number of benzene rings is 5. The predicted molar refractivity (Wildman–Crippen MR) is 152 cm³/mol. The van der Waals surface area contributed by atoms with Gasteiger partial charge < -0.3 is 9.47 Å². The number of nitrogens with one attached hydrogen (secondary N) is 1. The molecular weight excluding hydrogens is 488 g/mol. The van der Waals surface area contributed by atoms with Crippen molar-refractivity contribution in [3.05, 3.63) is 143 Å². The number of carbonyl (C=O) groups excluding carboxylic acids is 2. The van der Waals surface area contributed by atoms with E-state index in [0.717, 1.165) is 21.9 Å². The molecule has 0 radical (unpaired) electrons. The van der Waals surface area contributed by atoms with Gasteiger partial charge in [0.1, 0.15) is 18.1 Å². The Balaban J connectivity index is 1.29. The molecule has 0 saturated heterocycles. The van der Waals surface area contributed by atoms with Gasteiger partial charge in [0, 0.05) is 11.1 Å². The van der Waals surface area contributed by atoms with Crippen LogP contribution in [0.15, 0.2) is 120 Å². The van der Waals surface area contributed by atoms with Crippen molar-refractivity contribution in [2.24, 2.45) is 5.10 Å². The Morgan fingerprint density at radius 3 is 2.36 bits per heavy atom. The van der Waals surface area contributed by atoms with Gasteiger partial charge >= 0.3 is 5.97 Å². The summed E-state index contributed by atoms with van der Waals surface area (Å²) in [7, 11) is 0. The Bertz CT molecular complexity index is 1640. The lowest BCUT2D eigenvalue weighted by Gasteiger charge is -2.11. The third-order valence-corrected chi connectivity index (χ3v) is 6.11.